The summed E-state index contributed by atoms with van der Waals surface area (Å²) in [4.78, 5) is 4.01. The van der Waals surface area contributed by atoms with Crippen molar-refractivity contribution in [3.63, 3.8) is 0 Å². The van der Waals surface area contributed by atoms with Crippen LogP contribution in [0.1, 0.15) is 11.3 Å². The Morgan fingerprint density at radius 2 is 2.00 bits per heavy atom. The van der Waals surface area contributed by atoms with E-state index in [4.69, 9.17) is 5.73 Å². The van der Waals surface area contributed by atoms with Crippen LogP contribution < -0.4 is 5.73 Å². The molecule has 2 aromatic heterocycles. The average Bonchev–Trinajstić information content (AvgIpc) is 2.59. The zero-order valence-corrected chi connectivity index (χ0v) is 9.64. The molecule has 0 saturated carbocycles. The molecule has 0 saturated heterocycles. The summed E-state index contributed by atoms with van der Waals surface area (Å²) in [6.45, 7) is 2.74. The molecule has 4 heteroatoms. The van der Waals surface area contributed by atoms with E-state index in [2.05, 4.69) is 17.0 Å². The quantitative estimate of drug-likeness (QED) is 0.841. The normalized spacial score (nSPS) is 10.7. The molecule has 2 aromatic rings. The van der Waals surface area contributed by atoms with Gasteiger partial charge in [-0.2, -0.15) is 5.10 Å². The van der Waals surface area contributed by atoms with Crippen molar-refractivity contribution in [3.05, 3.63) is 35.8 Å². The van der Waals surface area contributed by atoms with Crippen molar-refractivity contribution in [2.24, 2.45) is 12.8 Å². The first-order valence-electron chi connectivity index (χ1n) is 5.37. The number of hydrogen-bond acceptors (Lipinski definition) is 3. The van der Waals surface area contributed by atoms with Crippen molar-refractivity contribution in [1.29, 1.82) is 0 Å². The largest absolute Gasteiger partial charge is 0.330 e. The molecule has 0 radical (unpaired) electrons. The predicted octanol–water partition coefficient (Wildman–Crippen LogP) is 1.29. The minimum absolute atomic E-state index is 0.649. The fourth-order valence-corrected chi connectivity index (χ4v) is 1.93. The summed E-state index contributed by atoms with van der Waals surface area (Å²) >= 11 is 0. The second kappa shape index (κ2) is 4.45. The molecule has 0 aliphatic heterocycles. The van der Waals surface area contributed by atoms with Gasteiger partial charge in [-0.25, -0.2) is 0 Å². The van der Waals surface area contributed by atoms with Gasteiger partial charge in [0.05, 0.1) is 5.69 Å². The first kappa shape index (κ1) is 10.8. The van der Waals surface area contributed by atoms with Crippen LogP contribution in [-0.2, 0) is 13.5 Å². The maximum absolute atomic E-state index is 5.60. The van der Waals surface area contributed by atoms with Crippen molar-refractivity contribution in [3.8, 4) is 11.3 Å². The molecule has 0 unspecified atom stereocenters. The predicted molar refractivity (Wildman–Crippen MR) is 63.9 cm³/mol. The molecule has 0 aromatic carbocycles. The Morgan fingerprint density at radius 3 is 2.62 bits per heavy atom. The number of rotatable bonds is 3. The van der Waals surface area contributed by atoms with Crippen LogP contribution in [0.25, 0.3) is 11.3 Å². The number of nitrogens with two attached hydrogens (primary N) is 1. The summed E-state index contributed by atoms with van der Waals surface area (Å²) in [7, 11) is 1.96. The molecule has 0 atom stereocenters. The van der Waals surface area contributed by atoms with Gasteiger partial charge in [0.25, 0.3) is 0 Å². The first-order valence-corrected chi connectivity index (χ1v) is 5.37. The number of nitrogens with zero attached hydrogens (tertiary/aromatic N) is 3. The van der Waals surface area contributed by atoms with Gasteiger partial charge >= 0.3 is 0 Å². The van der Waals surface area contributed by atoms with E-state index in [1.54, 1.807) is 12.4 Å². The Balaban J connectivity index is 2.47. The molecule has 0 aliphatic carbocycles. The zero-order valence-electron chi connectivity index (χ0n) is 9.64. The van der Waals surface area contributed by atoms with E-state index in [0.29, 0.717) is 6.54 Å². The highest BCUT2D eigenvalue weighted by Gasteiger charge is 2.12. The summed E-state index contributed by atoms with van der Waals surface area (Å²) in [5.74, 6) is 0. The van der Waals surface area contributed by atoms with E-state index in [0.717, 1.165) is 17.7 Å². The lowest BCUT2D eigenvalue weighted by molar-refractivity contribution is 0.706. The third-order valence-electron chi connectivity index (χ3n) is 2.76. The van der Waals surface area contributed by atoms with Crippen LogP contribution in [-0.4, -0.2) is 21.3 Å². The van der Waals surface area contributed by atoms with Crippen molar-refractivity contribution < 1.29 is 0 Å². The Bertz CT molecular complexity index is 473. The maximum atomic E-state index is 5.60. The van der Waals surface area contributed by atoms with Crippen molar-refractivity contribution in [2.45, 2.75) is 13.3 Å². The smallest absolute Gasteiger partial charge is 0.0956 e. The van der Waals surface area contributed by atoms with Crippen LogP contribution in [0.3, 0.4) is 0 Å². The molecular formula is C12H16N4. The summed E-state index contributed by atoms with van der Waals surface area (Å²) in [5, 5.41) is 4.53. The number of aryl methyl sites for hydroxylation is 1. The molecule has 2 N–H and O–H groups in total. The molecule has 0 spiro atoms. The average molecular weight is 216 g/mol. The van der Waals surface area contributed by atoms with Gasteiger partial charge in [0.1, 0.15) is 0 Å². The summed E-state index contributed by atoms with van der Waals surface area (Å²) < 4.78 is 1.91. The van der Waals surface area contributed by atoms with Gasteiger partial charge in [0, 0.05) is 37.1 Å². The summed E-state index contributed by atoms with van der Waals surface area (Å²) in [6.07, 6.45) is 4.43. The van der Waals surface area contributed by atoms with Crippen LogP contribution in [0.5, 0.6) is 0 Å². The van der Waals surface area contributed by atoms with Gasteiger partial charge in [0.2, 0.25) is 0 Å². The van der Waals surface area contributed by atoms with Crippen LogP contribution in [0, 0.1) is 6.92 Å². The molecule has 4 nitrogen and oxygen atoms in total. The van der Waals surface area contributed by atoms with Crippen LogP contribution >= 0.6 is 0 Å². The standard InChI is InChI=1S/C12H16N4/c1-9-11(3-6-13)16(2)15-12(9)10-4-7-14-8-5-10/h4-5,7-8H,3,6,13H2,1-2H3. The van der Waals surface area contributed by atoms with E-state index in [1.807, 2.05) is 23.9 Å². The monoisotopic (exact) mass is 216 g/mol. The van der Waals surface area contributed by atoms with Gasteiger partial charge < -0.3 is 5.73 Å². The fraction of sp³-hybridized carbons (Fsp3) is 0.333. The van der Waals surface area contributed by atoms with Gasteiger partial charge in [-0.3, -0.25) is 9.67 Å². The number of aromatic nitrogens is 3. The lowest BCUT2D eigenvalue weighted by atomic mass is 10.1. The minimum Gasteiger partial charge on any atom is -0.330 e. The second-order valence-corrected chi connectivity index (χ2v) is 3.82. The van der Waals surface area contributed by atoms with Crippen molar-refractivity contribution >= 4 is 0 Å². The zero-order chi connectivity index (χ0) is 11.5. The number of hydrogen-bond donors (Lipinski definition) is 1. The van der Waals surface area contributed by atoms with E-state index in [9.17, 15) is 0 Å². The Hall–Kier alpha value is -1.68. The highest BCUT2D eigenvalue weighted by molar-refractivity contribution is 5.63. The summed E-state index contributed by atoms with van der Waals surface area (Å²) in [6, 6.07) is 3.95. The van der Waals surface area contributed by atoms with Gasteiger partial charge in [-0.1, -0.05) is 0 Å². The lowest BCUT2D eigenvalue weighted by Crippen LogP contribution is -2.08. The molecule has 0 amide bonds. The van der Waals surface area contributed by atoms with Gasteiger partial charge in [0.15, 0.2) is 0 Å². The van der Waals surface area contributed by atoms with E-state index >= 15 is 0 Å². The fourth-order valence-electron chi connectivity index (χ4n) is 1.93. The first-order chi connectivity index (χ1) is 7.74. The Morgan fingerprint density at radius 1 is 1.31 bits per heavy atom. The van der Waals surface area contributed by atoms with Gasteiger partial charge in [-0.15, -0.1) is 0 Å². The van der Waals surface area contributed by atoms with E-state index in [1.165, 1.54) is 11.3 Å². The molecule has 0 bridgehead atoms. The topological polar surface area (TPSA) is 56.7 Å². The number of pyridine rings is 1. The molecule has 2 heterocycles. The molecule has 84 valence electrons. The molecule has 0 aliphatic rings. The SMILES string of the molecule is Cc1c(-c2ccncc2)nn(C)c1CCN. The van der Waals surface area contributed by atoms with Gasteiger partial charge in [-0.05, 0) is 31.2 Å². The minimum atomic E-state index is 0.649. The maximum Gasteiger partial charge on any atom is 0.0956 e. The summed E-state index contributed by atoms with van der Waals surface area (Å²) in [5.41, 5.74) is 10.1. The third-order valence-corrected chi connectivity index (χ3v) is 2.76. The van der Waals surface area contributed by atoms with E-state index in [-0.39, 0.29) is 0 Å². The molecule has 2 rings (SSSR count). The second-order valence-electron chi connectivity index (χ2n) is 3.82. The Labute approximate surface area is 95.1 Å². The molecule has 16 heavy (non-hydrogen) atoms. The highest BCUT2D eigenvalue weighted by atomic mass is 15.3. The lowest BCUT2D eigenvalue weighted by Gasteiger charge is -2.00. The highest BCUT2D eigenvalue weighted by Crippen LogP contribution is 2.23. The molecular weight excluding hydrogens is 200 g/mol. The van der Waals surface area contributed by atoms with E-state index < -0.39 is 0 Å². The molecule has 0 fully saturated rings. The van der Waals surface area contributed by atoms with Crippen LogP contribution in [0.4, 0.5) is 0 Å². The van der Waals surface area contributed by atoms with Crippen molar-refractivity contribution in [1.82, 2.24) is 14.8 Å². The Kier molecular flexibility index (Phi) is 3.01. The van der Waals surface area contributed by atoms with Crippen LogP contribution in [0.15, 0.2) is 24.5 Å². The third kappa shape index (κ3) is 1.84. The van der Waals surface area contributed by atoms with Crippen molar-refractivity contribution in [2.75, 3.05) is 6.54 Å². The van der Waals surface area contributed by atoms with Crippen LogP contribution in [0.2, 0.25) is 0 Å².